The average molecular weight is 287 g/mol. The smallest absolute Gasteiger partial charge is 0.122 e. The summed E-state index contributed by atoms with van der Waals surface area (Å²) in [7, 11) is 0. The summed E-state index contributed by atoms with van der Waals surface area (Å²) in [5.41, 5.74) is 3.28. The van der Waals surface area contributed by atoms with E-state index in [4.69, 9.17) is 4.74 Å². The zero-order valence-electron chi connectivity index (χ0n) is 13.7. The second-order valence-electron chi connectivity index (χ2n) is 7.34. The van der Waals surface area contributed by atoms with Crippen LogP contribution in [0.5, 0.6) is 5.75 Å². The van der Waals surface area contributed by atoms with Gasteiger partial charge in [-0.15, -0.1) is 0 Å². The number of hydrogen-bond acceptors (Lipinski definition) is 2. The number of benzene rings is 1. The van der Waals surface area contributed by atoms with Crippen molar-refractivity contribution in [3.63, 3.8) is 0 Å². The number of ether oxygens (including phenoxy) is 1. The molecule has 0 aromatic heterocycles. The van der Waals surface area contributed by atoms with Crippen molar-refractivity contribution in [2.24, 2.45) is 11.3 Å². The quantitative estimate of drug-likeness (QED) is 0.881. The van der Waals surface area contributed by atoms with Gasteiger partial charge >= 0.3 is 0 Å². The van der Waals surface area contributed by atoms with Crippen LogP contribution in [0.1, 0.15) is 63.6 Å². The third kappa shape index (κ3) is 2.96. The lowest BCUT2D eigenvalue weighted by Crippen LogP contribution is -2.39. The summed E-state index contributed by atoms with van der Waals surface area (Å²) in [5, 5.41) is 3.77. The fraction of sp³-hybridized carbons (Fsp3) is 0.684. The molecule has 2 atom stereocenters. The number of hydrogen-bond donors (Lipinski definition) is 1. The van der Waals surface area contributed by atoms with Gasteiger partial charge in [0.25, 0.3) is 0 Å². The molecule has 1 aromatic carbocycles. The Labute approximate surface area is 129 Å². The Morgan fingerprint density at radius 1 is 1.33 bits per heavy atom. The molecule has 1 heterocycles. The fourth-order valence-electron chi connectivity index (χ4n) is 4.25. The molecule has 2 unspecified atom stereocenters. The van der Waals surface area contributed by atoms with Crippen LogP contribution in [-0.2, 0) is 6.42 Å². The van der Waals surface area contributed by atoms with Crippen molar-refractivity contribution in [3.05, 3.63) is 29.3 Å². The highest BCUT2D eigenvalue weighted by atomic mass is 16.5. The molecular formula is C19H29NO. The van der Waals surface area contributed by atoms with Gasteiger partial charge in [-0.25, -0.2) is 0 Å². The van der Waals surface area contributed by atoms with E-state index in [9.17, 15) is 0 Å². The van der Waals surface area contributed by atoms with Gasteiger partial charge in [-0.2, -0.15) is 0 Å². The van der Waals surface area contributed by atoms with E-state index in [1.165, 1.54) is 36.8 Å². The molecule has 0 saturated heterocycles. The largest absolute Gasteiger partial charge is 0.493 e. The minimum Gasteiger partial charge on any atom is -0.493 e. The standard InChI is InChI=1S/C19H29NO/c1-4-20-18(16-7-5-6-11-19(16,2)3)15-8-9-17-14(13-15)10-12-21-17/h8-9,13,16,18,20H,4-7,10-12H2,1-3H3. The minimum absolute atomic E-state index is 0.431. The van der Waals surface area contributed by atoms with Gasteiger partial charge in [-0.3, -0.25) is 0 Å². The van der Waals surface area contributed by atoms with E-state index in [0.29, 0.717) is 11.5 Å². The summed E-state index contributed by atoms with van der Waals surface area (Å²) in [6, 6.07) is 7.33. The Bertz CT molecular complexity index is 494. The molecule has 1 N–H and O–H groups in total. The van der Waals surface area contributed by atoms with Crippen LogP contribution in [0.15, 0.2) is 18.2 Å². The van der Waals surface area contributed by atoms with Crippen LogP contribution in [0.4, 0.5) is 0 Å². The van der Waals surface area contributed by atoms with Gasteiger partial charge in [0.05, 0.1) is 6.61 Å². The maximum absolute atomic E-state index is 5.66. The lowest BCUT2D eigenvalue weighted by molar-refractivity contribution is 0.0988. The van der Waals surface area contributed by atoms with E-state index in [-0.39, 0.29) is 0 Å². The zero-order chi connectivity index (χ0) is 14.9. The topological polar surface area (TPSA) is 21.3 Å². The predicted molar refractivity (Wildman–Crippen MR) is 87.8 cm³/mol. The van der Waals surface area contributed by atoms with Crippen LogP contribution in [0, 0.1) is 11.3 Å². The average Bonchev–Trinajstić information content (AvgIpc) is 2.92. The van der Waals surface area contributed by atoms with Crippen molar-refractivity contribution in [1.29, 1.82) is 0 Å². The van der Waals surface area contributed by atoms with Gasteiger partial charge < -0.3 is 10.1 Å². The van der Waals surface area contributed by atoms with Crippen molar-refractivity contribution >= 4 is 0 Å². The van der Waals surface area contributed by atoms with Crippen LogP contribution < -0.4 is 10.1 Å². The van der Waals surface area contributed by atoms with Crippen LogP contribution >= 0.6 is 0 Å². The van der Waals surface area contributed by atoms with E-state index < -0.39 is 0 Å². The van der Waals surface area contributed by atoms with Crippen LogP contribution in [0.25, 0.3) is 0 Å². The summed E-state index contributed by atoms with van der Waals surface area (Å²) in [4.78, 5) is 0. The Morgan fingerprint density at radius 2 is 2.19 bits per heavy atom. The minimum atomic E-state index is 0.431. The molecule has 21 heavy (non-hydrogen) atoms. The summed E-state index contributed by atoms with van der Waals surface area (Å²) >= 11 is 0. The van der Waals surface area contributed by atoms with Crippen LogP contribution in [0.2, 0.25) is 0 Å². The van der Waals surface area contributed by atoms with Gasteiger partial charge in [-0.05, 0) is 47.9 Å². The highest BCUT2D eigenvalue weighted by molar-refractivity contribution is 5.41. The van der Waals surface area contributed by atoms with E-state index in [1.54, 1.807) is 0 Å². The molecule has 0 spiro atoms. The number of fused-ring (bicyclic) bond motifs is 1. The predicted octanol–water partition coefficient (Wildman–Crippen LogP) is 4.49. The molecule has 1 fully saturated rings. The summed E-state index contributed by atoms with van der Waals surface area (Å²) < 4.78 is 5.66. The van der Waals surface area contributed by atoms with E-state index >= 15 is 0 Å². The zero-order valence-corrected chi connectivity index (χ0v) is 13.7. The number of nitrogens with one attached hydrogen (secondary N) is 1. The molecular weight excluding hydrogens is 258 g/mol. The molecule has 116 valence electrons. The van der Waals surface area contributed by atoms with E-state index in [1.807, 2.05) is 0 Å². The highest BCUT2D eigenvalue weighted by Gasteiger charge is 2.38. The first-order valence-electron chi connectivity index (χ1n) is 8.61. The molecule has 1 saturated carbocycles. The van der Waals surface area contributed by atoms with Crippen molar-refractivity contribution in [2.75, 3.05) is 13.2 Å². The Hall–Kier alpha value is -1.02. The highest BCUT2D eigenvalue weighted by Crippen LogP contribution is 2.47. The van der Waals surface area contributed by atoms with Crippen LogP contribution in [0.3, 0.4) is 0 Å². The summed E-state index contributed by atoms with van der Waals surface area (Å²) in [6.07, 6.45) is 6.53. The normalized spacial score (nSPS) is 25.2. The summed E-state index contributed by atoms with van der Waals surface area (Å²) in [5.74, 6) is 1.82. The molecule has 0 bridgehead atoms. The van der Waals surface area contributed by atoms with E-state index in [2.05, 4.69) is 44.3 Å². The Balaban J connectivity index is 1.90. The number of rotatable bonds is 4. The van der Waals surface area contributed by atoms with E-state index in [0.717, 1.165) is 31.2 Å². The molecule has 1 aliphatic carbocycles. The van der Waals surface area contributed by atoms with Crippen molar-refractivity contribution in [3.8, 4) is 5.75 Å². The van der Waals surface area contributed by atoms with Crippen LogP contribution in [-0.4, -0.2) is 13.2 Å². The molecule has 1 aromatic rings. The lowest BCUT2D eigenvalue weighted by atomic mass is 9.64. The van der Waals surface area contributed by atoms with Gasteiger partial charge in [-0.1, -0.05) is 45.7 Å². The van der Waals surface area contributed by atoms with Gasteiger partial charge in [0.1, 0.15) is 5.75 Å². The van der Waals surface area contributed by atoms with Crippen molar-refractivity contribution < 1.29 is 4.74 Å². The first kappa shape index (κ1) is 14.9. The first-order chi connectivity index (χ1) is 10.1. The molecule has 3 rings (SSSR count). The van der Waals surface area contributed by atoms with Gasteiger partial charge in [0.15, 0.2) is 0 Å². The van der Waals surface area contributed by atoms with Crippen molar-refractivity contribution in [2.45, 2.75) is 58.9 Å². The molecule has 0 radical (unpaired) electrons. The summed E-state index contributed by atoms with van der Waals surface area (Å²) in [6.45, 7) is 9.01. The second kappa shape index (κ2) is 6.00. The fourth-order valence-corrected chi connectivity index (χ4v) is 4.25. The molecule has 1 aliphatic heterocycles. The van der Waals surface area contributed by atoms with Gasteiger partial charge in [0, 0.05) is 12.5 Å². The Morgan fingerprint density at radius 3 is 2.95 bits per heavy atom. The molecule has 2 heteroatoms. The SMILES string of the molecule is CCNC(c1ccc2c(c1)CCO2)C1CCCCC1(C)C. The molecule has 2 aliphatic rings. The maximum atomic E-state index is 5.66. The second-order valence-corrected chi connectivity index (χ2v) is 7.34. The lowest BCUT2D eigenvalue weighted by Gasteiger charge is -2.44. The van der Waals surface area contributed by atoms with Crippen molar-refractivity contribution in [1.82, 2.24) is 5.32 Å². The van der Waals surface area contributed by atoms with Gasteiger partial charge in [0.2, 0.25) is 0 Å². The third-order valence-corrected chi connectivity index (χ3v) is 5.49. The Kier molecular flexibility index (Phi) is 4.26. The first-order valence-corrected chi connectivity index (χ1v) is 8.61. The molecule has 0 amide bonds. The monoisotopic (exact) mass is 287 g/mol. The maximum Gasteiger partial charge on any atom is 0.122 e. The third-order valence-electron chi connectivity index (χ3n) is 5.49. The molecule has 2 nitrogen and oxygen atoms in total.